The van der Waals surface area contributed by atoms with Crippen molar-refractivity contribution in [3.8, 4) is 0 Å². The SMILES string of the molecule is CC[N-]C.CC[N-]C.CC[N-]C.[C-]1=CC=CC1.[CH3][Ge]([CH3])[F].[Zr+4]. The Morgan fingerprint density at radius 1 is 0.955 bits per heavy atom. The van der Waals surface area contributed by atoms with E-state index in [1.807, 2.05) is 32.9 Å². The Kier molecular flexibility index (Phi) is 66.8. The molecule has 1 aliphatic carbocycles. The fraction of sp³-hybridized carbons (Fsp3) is 0.750. The first kappa shape index (κ1) is 34.1. The third-order valence-electron chi connectivity index (χ3n) is 1.53. The van der Waals surface area contributed by atoms with Gasteiger partial charge in [0.15, 0.2) is 0 Å². The van der Waals surface area contributed by atoms with Crippen molar-refractivity contribution in [2.45, 2.75) is 38.7 Å². The number of allylic oxidation sites excluding steroid dienone is 4. The fourth-order valence-corrected chi connectivity index (χ4v) is 0.340. The predicted molar refractivity (Wildman–Crippen MR) is 99.6 cm³/mol. The van der Waals surface area contributed by atoms with Gasteiger partial charge >= 0.3 is 56.0 Å². The van der Waals surface area contributed by atoms with Gasteiger partial charge in [-0.15, -0.1) is 6.42 Å². The van der Waals surface area contributed by atoms with Gasteiger partial charge in [0.25, 0.3) is 0 Å². The molecule has 0 amide bonds. The van der Waals surface area contributed by atoms with E-state index in [2.05, 4.69) is 28.1 Å². The molecule has 0 aromatic carbocycles. The second-order valence-electron chi connectivity index (χ2n) is 3.78. The van der Waals surface area contributed by atoms with E-state index in [1.54, 1.807) is 32.7 Å². The maximum absolute atomic E-state index is 11.2. The van der Waals surface area contributed by atoms with Crippen LogP contribution >= 0.6 is 0 Å². The molecule has 1 radical (unpaired) electrons. The van der Waals surface area contributed by atoms with Crippen molar-refractivity contribution in [2.24, 2.45) is 0 Å². The predicted octanol–water partition coefficient (Wildman–Crippen LogP) is 5.54. The Labute approximate surface area is 163 Å². The molecular formula is C16H35FGeN3Zr. The van der Waals surface area contributed by atoms with Gasteiger partial charge in [-0.05, 0) is 0 Å². The maximum atomic E-state index is 11.2. The summed E-state index contributed by atoms with van der Waals surface area (Å²) >= 11 is -1.83. The third-order valence-corrected chi connectivity index (χ3v) is 1.53. The molecule has 0 saturated carbocycles. The zero-order valence-electron chi connectivity index (χ0n) is 15.8. The molecule has 1 aliphatic rings. The average Bonchev–Trinajstić information content (AvgIpc) is 3.06. The van der Waals surface area contributed by atoms with Crippen molar-refractivity contribution in [3.63, 3.8) is 0 Å². The van der Waals surface area contributed by atoms with Crippen molar-refractivity contribution < 1.29 is 29.7 Å². The van der Waals surface area contributed by atoms with Crippen LogP contribution in [-0.4, -0.2) is 55.6 Å². The third kappa shape index (κ3) is 106. The minimum atomic E-state index is -1.83. The van der Waals surface area contributed by atoms with Crippen molar-refractivity contribution in [1.29, 1.82) is 0 Å². The van der Waals surface area contributed by atoms with Crippen molar-refractivity contribution >= 4 is 14.8 Å². The number of halogens is 1. The van der Waals surface area contributed by atoms with Crippen LogP contribution in [0.5, 0.6) is 0 Å². The molecule has 0 saturated heterocycles. The van der Waals surface area contributed by atoms with Crippen LogP contribution in [0.25, 0.3) is 16.0 Å². The molecule has 0 fully saturated rings. The van der Waals surface area contributed by atoms with E-state index in [0.717, 1.165) is 26.1 Å². The normalized spacial score (nSPS) is 9.73. The summed E-state index contributed by atoms with van der Waals surface area (Å²) in [4.78, 5) is 0. The molecule has 0 bridgehead atoms. The van der Waals surface area contributed by atoms with Crippen LogP contribution in [0.4, 0.5) is 3.50 Å². The summed E-state index contributed by atoms with van der Waals surface area (Å²) in [6.07, 6.45) is 10.0. The summed E-state index contributed by atoms with van der Waals surface area (Å²) in [5.74, 6) is 3.33. The van der Waals surface area contributed by atoms with Gasteiger partial charge in [0.1, 0.15) is 0 Å². The smallest absolute Gasteiger partial charge is 4.00 e. The molecule has 0 aromatic rings. The van der Waals surface area contributed by atoms with Gasteiger partial charge in [0.05, 0.1) is 0 Å². The van der Waals surface area contributed by atoms with E-state index in [0.29, 0.717) is 0 Å². The Morgan fingerprint density at radius 3 is 1.27 bits per heavy atom. The van der Waals surface area contributed by atoms with Crippen LogP contribution in [0.2, 0.25) is 11.5 Å². The Bertz CT molecular complexity index is 164. The van der Waals surface area contributed by atoms with Gasteiger partial charge in [0.2, 0.25) is 0 Å². The number of rotatable bonds is 3. The minimum absolute atomic E-state index is 0. The average molecular weight is 452 g/mol. The summed E-state index contributed by atoms with van der Waals surface area (Å²) in [6.45, 7) is 8.88. The van der Waals surface area contributed by atoms with Crippen molar-refractivity contribution in [3.05, 3.63) is 40.3 Å². The van der Waals surface area contributed by atoms with E-state index in [9.17, 15) is 3.50 Å². The largest absolute Gasteiger partial charge is 4.00 e. The molecule has 0 aromatic heterocycles. The van der Waals surface area contributed by atoms with E-state index < -0.39 is 14.8 Å². The van der Waals surface area contributed by atoms with Gasteiger partial charge in [-0.1, -0.05) is 20.8 Å². The maximum Gasteiger partial charge on any atom is 4.00 e. The topological polar surface area (TPSA) is 42.3 Å². The molecule has 0 atom stereocenters. The molecule has 3 nitrogen and oxygen atoms in total. The zero-order chi connectivity index (χ0) is 17.4. The molecule has 22 heavy (non-hydrogen) atoms. The first-order chi connectivity index (χ1) is 9.97. The van der Waals surface area contributed by atoms with Crippen molar-refractivity contribution in [2.75, 3.05) is 40.8 Å². The molecule has 0 unspecified atom stereocenters. The molecule has 0 aliphatic heterocycles. The quantitative estimate of drug-likeness (QED) is 0.399. The first-order valence-electron chi connectivity index (χ1n) is 7.32. The van der Waals surface area contributed by atoms with E-state index in [1.165, 1.54) is 0 Å². The Balaban J connectivity index is -0.0000000544. The van der Waals surface area contributed by atoms with Crippen LogP contribution in [0, 0.1) is 6.08 Å². The van der Waals surface area contributed by atoms with Crippen LogP contribution < -0.4 is 0 Å². The molecule has 6 heteroatoms. The van der Waals surface area contributed by atoms with Crippen LogP contribution in [0.1, 0.15) is 27.2 Å². The monoisotopic (exact) mass is 452 g/mol. The van der Waals surface area contributed by atoms with Crippen molar-refractivity contribution in [1.82, 2.24) is 0 Å². The van der Waals surface area contributed by atoms with Crippen LogP contribution in [0.15, 0.2) is 18.2 Å². The molecule has 1 rings (SSSR count). The molecule has 129 valence electrons. The van der Waals surface area contributed by atoms with Crippen LogP contribution in [0.3, 0.4) is 0 Å². The summed E-state index contributed by atoms with van der Waals surface area (Å²) in [5, 5.41) is 11.2. The summed E-state index contributed by atoms with van der Waals surface area (Å²) in [6, 6.07) is 0. The fourth-order valence-electron chi connectivity index (χ4n) is 0.340. The van der Waals surface area contributed by atoms with Gasteiger partial charge < -0.3 is 16.0 Å². The second-order valence-corrected chi connectivity index (χ2v) is 7.46. The van der Waals surface area contributed by atoms with Gasteiger partial charge in [0, 0.05) is 0 Å². The molecule has 0 spiro atoms. The Hall–Kier alpha value is 0.716. The molecule has 0 heterocycles. The van der Waals surface area contributed by atoms with E-state index in [4.69, 9.17) is 0 Å². The standard InChI is InChI=1S/C5H5.3C3H8N.C2H6FGe.Zr/c1-2-4-5-3-1;3*1-3-4-2;1-4(2)3;/h1-3H,4H2;3*3H2,1-2H3;1-2H3;/q4*-1;;+4. The number of hydrogen-bond acceptors (Lipinski definition) is 0. The van der Waals surface area contributed by atoms with Gasteiger partial charge in [-0.2, -0.15) is 46.9 Å². The zero-order valence-corrected chi connectivity index (χ0v) is 20.3. The molecular weight excluding hydrogens is 417 g/mol. The molecule has 0 N–H and O–H groups in total. The summed E-state index contributed by atoms with van der Waals surface area (Å²) in [7, 11) is 5.42. The number of nitrogens with zero attached hydrogens (tertiary/aromatic N) is 3. The van der Waals surface area contributed by atoms with Gasteiger partial charge in [-0.25, -0.2) is 12.2 Å². The van der Waals surface area contributed by atoms with E-state index in [-0.39, 0.29) is 26.2 Å². The van der Waals surface area contributed by atoms with Crippen LogP contribution in [-0.2, 0) is 26.2 Å². The summed E-state index contributed by atoms with van der Waals surface area (Å²) < 4.78 is 11.2. The van der Waals surface area contributed by atoms with E-state index >= 15 is 0 Å². The minimum Gasteiger partial charge on any atom is 4.00 e. The second kappa shape index (κ2) is 43.0. The summed E-state index contributed by atoms with van der Waals surface area (Å²) in [5.41, 5.74) is 0. The number of hydrogen-bond donors (Lipinski definition) is 0. The Morgan fingerprint density at radius 2 is 1.23 bits per heavy atom. The first-order valence-corrected chi connectivity index (χ1v) is 12.3. The van der Waals surface area contributed by atoms with Gasteiger partial charge in [-0.3, -0.25) is 6.08 Å².